The van der Waals surface area contributed by atoms with Gasteiger partial charge in [0.25, 0.3) is 0 Å². The van der Waals surface area contributed by atoms with Crippen molar-refractivity contribution in [1.82, 2.24) is 4.90 Å². The maximum absolute atomic E-state index is 14.0. The number of hydrogen-bond acceptors (Lipinski definition) is 13. The molecule has 5 aliphatic rings. The first-order valence-electron chi connectivity index (χ1n) is 16.3. The van der Waals surface area contributed by atoms with Crippen molar-refractivity contribution in [3.8, 4) is 0 Å². The van der Waals surface area contributed by atoms with E-state index >= 15 is 0 Å². The van der Waals surface area contributed by atoms with E-state index in [0.717, 1.165) is 16.7 Å². The molecule has 3 fully saturated rings. The van der Waals surface area contributed by atoms with Gasteiger partial charge in [0.2, 0.25) is 5.91 Å². The highest BCUT2D eigenvalue weighted by atomic mass is 32.2. The summed E-state index contributed by atoms with van der Waals surface area (Å²) in [6.07, 6.45) is 7.57. The maximum Gasteiger partial charge on any atom is 0.335 e. The van der Waals surface area contributed by atoms with Crippen LogP contribution >= 0.6 is 0 Å². The average molecular weight is 695 g/mol. The van der Waals surface area contributed by atoms with Crippen LogP contribution in [0.1, 0.15) is 46.5 Å². The van der Waals surface area contributed by atoms with E-state index < -0.39 is 81.0 Å². The number of amides is 1. The van der Waals surface area contributed by atoms with Gasteiger partial charge in [0.1, 0.15) is 34.9 Å². The third-order valence-corrected chi connectivity index (χ3v) is 11.7. The van der Waals surface area contributed by atoms with Crippen LogP contribution in [-0.2, 0) is 57.4 Å². The molecule has 48 heavy (non-hydrogen) atoms. The molecule has 2 aliphatic carbocycles. The van der Waals surface area contributed by atoms with E-state index in [1.54, 1.807) is 6.92 Å². The second-order valence-corrected chi connectivity index (χ2v) is 16.0. The third-order valence-electron chi connectivity index (χ3n) is 10.8. The van der Waals surface area contributed by atoms with Crippen LogP contribution in [0.2, 0.25) is 0 Å². The van der Waals surface area contributed by atoms with Gasteiger partial charge in [0.05, 0.1) is 43.1 Å². The molecule has 0 radical (unpaired) electrons. The summed E-state index contributed by atoms with van der Waals surface area (Å²) in [6, 6.07) is 0. The molecule has 3 aliphatic heterocycles. The number of sulfone groups is 1. The van der Waals surface area contributed by atoms with Gasteiger partial charge in [-0.3, -0.25) is 4.79 Å². The first kappa shape index (κ1) is 36.2. The van der Waals surface area contributed by atoms with Gasteiger partial charge in [-0.25, -0.2) is 22.8 Å². The molecule has 1 amide bonds. The van der Waals surface area contributed by atoms with Gasteiger partial charge >= 0.3 is 17.9 Å². The van der Waals surface area contributed by atoms with Crippen LogP contribution in [-0.4, -0.2) is 119 Å². The van der Waals surface area contributed by atoms with Gasteiger partial charge in [0, 0.05) is 36.8 Å². The van der Waals surface area contributed by atoms with Gasteiger partial charge in [-0.1, -0.05) is 37.6 Å². The Morgan fingerprint density at radius 2 is 1.81 bits per heavy atom. The van der Waals surface area contributed by atoms with Gasteiger partial charge in [-0.05, 0) is 32.1 Å². The molecule has 15 heteroatoms. The zero-order chi connectivity index (χ0) is 34.9. The van der Waals surface area contributed by atoms with E-state index in [2.05, 4.69) is 6.08 Å². The molecule has 5 rings (SSSR count). The Morgan fingerprint density at radius 1 is 1.10 bits per heavy atom. The number of cyclic esters (lactones) is 2. The number of rotatable bonds is 7. The summed E-state index contributed by atoms with van der Waals surface area (Å²) in [5.74, 6) is -3.40. The molecule has 0 aromatic rings. The number of ether oxygens (including phenoxy) is 6. The molecular formula is C33H46N2O12S. The third kappa shape index (κ3) is 6.97. The lowest BCUT2D eigenvalue weighted by Crippen LogP contribution is -2.67. The monoisotopic (exact) mass is 694 g/mol. The summed E-state index contributed by atoms with van der Waals surface area (Å²) in [5.41, 5.74) is 4.36. The molecule has 2 spiro atoms. The van der Waals surface area contributed by atoms with Crippen molar-refractivity contribution in [1.29, 1.82) is 0 Å². The predicted octanol–water partition coefficient (Wildman–Crippen LogP) is 0.984. The molecule has 3 heterocycles. The fourth-order valence-corrected chi connectivity index (χ4v) is 8.26. The molecule has 14 nitrogen and oxygen atoms in total. The minimum Gasteiger partial charge on any atom is -0.463 e. The lowest BCUT2D eigenvalue weighted by atomic mass is 9.51. The van der Waals surface area contributed by atoms with E-state index in [1.165, 1.54) is 24.3 Å². The molecule has 2 saturated heterocycles. The molecule has 0 aromatic carbocycles. The van der Waals surface area contributed by atoms with Crippen LogP contribution in [0.4, 0.5) is 0 Å². The van der Waals surface area contributed by atoms with Gasteiger partial charge < -0.3 is 39.1 Å². The van der Waals surface area contributed by atoms with Crippen LogP contribution in [0.5, 0.6) is 0 Å². The number of epoxide rings is 1. The first-order chi connectivity index (χ1) is 22.7. The predicted molar refractivity (Wildman–Crippen MR) is 170 cm³/mol. The van der Waals surface area contributed by atoms with Crippen molar-refractivity contribution in [2.75, 3.05) is 51.6 Å². The molecule has 1 saturated carbocycles. The number of nitrogens with zero attached hydrogens (tertiary/aromatic N) is 1. The Hall–Kier alpha value is -3.11. The van der Waals surface area contributed by atoms with E-state index in [0.29, 0.717) is 25.9 Å². The Bertz CT molecular complexity index is 1490. The normalized spacial score (nSPS) is 38.3. The molecule has 8 atom stereocenters. The summed E-state index contributed by atoms with van der Waals surface area (Å²) in [6.45, 7) is 5.05. The minimum absolute atomic E-state index is 0.0618. The van der Waals surface area contributed by atoms with Crippen LogP contribution in [0, 0.1) is 16.7 Å². The number of nitrogens with two attached hydrogens (primary N) is 1. The summed E-state index contributed by atoms with van der Waals surface area (Å²) in [4.78, 5) is 53.0. The topological polar surface area (TPSA) is 190 Å². The molecule has 0 aromatic heterocycles. The lowest BCUT2D eigenvalue weighted by Gasteiger charge is -2.58. The van der Waals surface area contributed by atoms with E-state index in [4.69, 9.17) is 34.2 Å². The van der Waals surface area contributed by atoms with Gasteiger partial charge in [-0.15, -0.1) is 0 Å². The van der Waals surface area contributed by atoms with Crippen molar-refractivity contribution in [3.63, 3.8) is 0 Å². The number of esters is 3. The van der Waals surface area contributed by atoms with Crippen molar-refractivity contribution in [2.45, 2.75) is 76.5 Å². The number of hydrogen-bond donors (Lipinski definition) is 1. The molecular weight excluding hydrogens is 648 g/mol. The Kier molecular flexibility index (Phi) is 10.6. The summed E-state index contributed by atoms with van der Waals surface area (Å²) < 4.78 is 60.0. The molecule has 2 N–H and O–H groups in total. The van der Waals surface area contributed by atoms with Crippen molar-refractivity contribution in [3.05, 3.63) is 36.0 Å². The van der Waals surface area contributed by atoms with Crippen molar-refractivity contribution < 1.29 is 56.0 Å². The zero-order valence-electron chi connectivity index (χ0n) is 27.9. The minimum atomic E-state index is -3.42. The number of carbonyl (C=O) groups excluding carboxylic acids is 4. The largest absolute Gasteiger partial charge is 0.463 e. The Balaban J connectivity index is 1.47. The van der Waals surface area contributed by atoms with E-state index in [9.17, 15) is 27.6 Å². The highest BCUT2D eigenvalue weighted by molar-refractivity contribution is 7.90. The molecule has 266 valence electrons. The molecule has 2 bridgehead atoms. The average Bonchev–Trinajstić information content (AvgIpc) is 3.81. The fraction of sp³-hybridized carbons (Fsp3) is 0.697. The van der Waals surface area contributed by atoms with Crippen molar-refractivity contribution >= 4 is 33.7 Å². The highest BCUT2D eigenvalue weighted by Gasteiger charge is 2.83. The SMILES string of the molecule is CC1=C[C@H]2O[C@@H]3C[C@H]4OC(=O)/C=C\C=C\C(=O)OCC[C@@H](C)[C@H](OCN(CCS(C)(=O)=O)C(=O)CN)C(=O)OC[C@@]2(CC1)[C@]4(C)[C@]31CO1. The van der Waals surface area contributed by atoms with E-state index in [1.807, 2.05) is 13.8 Å². The second kappa shape index (κ2) is 14.0. The summed E-state index contributed by atoms with van der Waals surface area (Å²) in [5, 5.41) is 0. The Morgan fingerprint density at radius 3 is 2.48 bits per heavy atom. The van der Waals surface area contributed by atoms with Crippen LogP contribution < -0.4 is 5.73 Å². The van der Waals surface area contributed by atoms with Crippen LogP contribution in [0.25, 0.3) is 0 Å². The van der Waals surface area contributed by atoms with Crippen molar-refractivity contribution in [2.24, 2.45) is 22.5 Å². The fourth-order valence-electron chi connectivity index (χ4n) is 7.71. The highest BCUT2D eigenvalue weighted by Crippen LogP contribution is 2.72. The Labute approximate surface area is 280 Å². The van der Waals surface area contributed by atoms with Crippen LogP contribution in [0.15, 0.2) is 36.0 Å². The number of allylic oxidation sites excluding steroid dienone is 3. The lowest BCUT2D eigenvalue weighted by molar-refractivity contribution is -0.235. The molecule has 0 unspecified atom stereocenters. The summed E-state index contributed by atoms with van der Waals surface area (Å²) >= 11 is 0. The smallest absolute Gasteiger partial charge is 0.335 e. The first-order valence-corrected chi connectivity index (χ1v) is 18.3. The standard InChI is InChI=1S/C33H46N2O12S/c1-21-9-11-32-18-43-30(39)29(44-20-35(26(36)17-34)12-14-48(4,40)41)22(2)10-13-42-27(37)7-5-6-8-28(38)47-23-16-25(46-24(32)15-21)33(19-45-33)31(23,32)3/h5-8,15,22-25,29H,9-14,16-20,34H2,1-4H3/b7-5+,8-6-/t22-,23-,24-,25-,29+,31-,32-,33+/m1/s1. The zero-order valence-corrected chi connectivity index (χ0v) is 28.7. The van der Waals surface area contributed by atoms with Gasteiger partial charge in [-0.2, -0.15) is 0 Å². The van der Waals surface area contributed by atoms with Gasteiger partial charge in [0.15, 0.2) is 6.10 Å². The van der Waals surface area contributed by atoms with Crippen LogP contribution in [0.3, 0.4) is 0 Å². The number of carbonyl (C=O) groups is 4. The maximum atomic E-state index is 14.0. The second-order valence-electron chi connectivity index (χ2n) is 13.7. The van der Waals surface area contributed by atoms with E-state index in [-0.39, 0.29) is 44.6 Å². The summed E-state index contributed by atoms with van der Waals surface area (Å²) in [7, 11) is -3.42. The quantitative estimate of drug-likeness (QED) is 0.131.